The van der Waals surface area contributed by atoms with E-state index < -0.39 is 0 Å². The summed E-state index contributed by atoms with van der Waals surface area (Å²) >= 11 is 2.84. The Labute approximate surface area is 183 Å². The highest BCUT2D eigenvalue weighted by Crippen LogP contribution is 2.29. The first-order valence-electron chi connectivity index (χ1n) is 9.28. The highest BCUT2D eigenvalue weighted by molar-refractivity contribution is 7.98. The molecule has 2 heterocycles. The lowest BCUT2D eigenvalue weighted by atomic mass is 10.0. The molecule has 4 aromatic rings. The average Bonchev–Trinajstić information content (AvgIpc) is 3.27. The number of thiazole rings is 1. The van der Waals surface area contributed by atoms with Gasteiger partial charge in [-0.3, -0.25) is 15.8 Å². The predicted octanol–water partition coefficient (Wildman–Crippen LogP) is 5.63. The summed E-state index contributed by atoms with van der Waals surface area (Å²) in [6.45, 7) is 0.283. The van der Waals surface area contributed by atoms with Gasteiger partial charge in [0.25, 0.3) is 5.91 Å². The zero-order chi connectivity index (χ0) is 20.9. The molecule has 30 heavy (non-hydrogen) atoms. The number of carbonyl (C=O) groups is 1. The number of anilines is 1. The quantitative estimate of drug-likeness (QED) is 0.401. The van der Waals surface area contributed by atoms with Gasteiger partial charge >= 0.3 is 0 Å². The van der Waals surface area contributed by atoms with E-state index in [1.165, 1.54) is 23.1 Å². The fourth-order valence-corrected chi connectivity index (χ4v) is 4.29. The molecule has 1 amide bonds. The molecule has 7 heteroatoms. The molecule has 0 unspecified atom stereocenters. The van der Waals surface area contributed by atoms with Crippen molar-refractivity contribution in [2.24, 2.45) is 0 Å². The molecule has 0 saturated heterocycles. The van der Waals surface area contributed by atoms with E-state index in [1.807, 2.05) is 48.0 Å². The first kappa shape index (κ1) is 20.3. The van der Waals surface area contributed by atoms with Crippen molar-refractivity contribution in [1.82, 2.24) is 15.7 Å². The van der Waals surface area contributed by atoms with Crippen LogP contribution in [0.2, 0.25) is 0 Å². The number of carbonyl (C=O) groups excluding carboxylic acids is 1. The van der Waals surface area contributed by atoms with Crippen molar-refractivity contribution in [1.29, 1.82) is 0 Å². The summed E-state index contributed by atoms with van der Waals surface area (Å²) in [5.74, 6) is -0.211. The van der Waals surface area contributed by atoms with Crippen LogP contribution in [-0.2, 0) is 6.54 Å². The number of nitrogens with one attached hydrogen (secondary N) is 2. The molecule has 0 aliphatic heterocycles. The second-order valence-electron chi connectivity index (χ2n) is 6.51. The Balaban J connectivity index is 1.54. The molecule has 0 spiro atoms. The van der Waals surface area contributed by atoms with Gasteiger partial charge < -0.3 is 0 Å². The standard InChI is InChI=1S/C23H19N4OS2/c1-29-22-19(6-3-11-25-22)21(28)27-23-26-20(14-30-23)18-5-2-4-17(12-18)16-9-7-15(13-24)8-10-16/h2-12,14,24H,13H2,1H3,(H,26,27,28). The normalized spacial score (nSPS) is 10.7. The first-order valence-corrected chi connectivity index (χ1v) is 11.4. The van der Waals surface area contributed by atoms with Crippen LogP contribution in [-0.4, -0.2) is 22.1 Å². The molecule has 2 aromatic heterocycles. The Kier molecular flexibility index (Phi) is 6.23. The van der Waals surface area contributed by atoms with Crippen molar-refractivity contribution < 1.29 is 4.79 Å². The molecular weight excluding hydrogens is 412 g/mol. The minimum Gasteiger partial charge on any atom is -0.298 e. The van der Waals surface area contributed by atoms with Gasteiger partial charge in [0, 0.05) is 23.7 Å². The van der Waals surface area contributed by atoms with E-state index in [2.05, 4.69) is 27.4 Å². The molecule has 0 atom stereocenters. The van der Waals surface area contributed by atoms with Gasteiger partial charge in [-0.05, 0) is 41.1 Å². The molecule has 1 radical (unpaired) electrons. The second-order valence-corrected chi connectivity index (χ2v) is 8.16. The maximum Gasteiger partial charge on any atom is 0.260 e. The van der Waals surface area contributed by atoms with Crippen molar-refractivity contribution in [3.05, 3.63) is 83.4 Å². The molecule has 0 aliphatic carbocycles. The van der Waals surface area contributed by atoms with Crippen molar-refractivity contribution in [2.45, 2.75) is 11.6 Å². The average molecular weight is 432 g/mol. The molecule has 149 valence electrons. The summed E-state index contributed by atoms with van der Waals surface area (Å²) in [5, 5.41) is 6.06. The largest absolute Gasteiger partial charge is 0.298 e. The summed E-state index contributed by atoms with van der Waals surface area (Å²) < 4.78 is 0. The van der Waals surface area contributed by atoms with Crippen LogP contribution < -0.4 is 11.1 Å². The van der Waals surface area contributed by atoms with Crippen LogP contribution in [0.25, 0.3) is 22.4 Å². The lowest BCUT2D eigenvalue weighted by molar-refractivity contribution is 0.102. The topological polar surface area (TPSA) is 78.7 Å². The number of hydrogen-bond donors (Lipinski definition) is 1. The van der Waals surface area contributed by atoms with Gasteiger partial charge in [0.15, 0.2) is 5.13 Å². The summed E-state index contributed by atoms with van der Waals surface area (Å²) in [5.41, 5.74) is 13.0. The molecule has 5 nitrogen and oxygen atoms in total. The van der Waals surface area contributed by atoms with Gasteiger partial charge in [0.05, 0.1) is 11.3 Å². The van der Waals surface area contributed by atoms with E-state index in [0.29, 0.717) is 15.7 Å². The number of thioether (sulfide) groups is 1. The third-order valence-electron chi connectivity index (χ3n) is 4.58. The number of benzene rings is 2. The van der Waals surface area contributed by atoms with Crippen LogP contribution in [0.15, 0.2) is 77.3 Å². The number of rotatable bonds is 6. The Morgan fingerprint density at radius 3 is 2.63 bits per heavy atom. The SMILES string of the molecule is CSc1ncccc1C(=O)Nc1nc(-c2cccc(-c3ccc(C[NH])cc3)c2)cs1. The molecule has 0 aliphatic rings. The highest BCUT2D eigenvalue weighted by Gasteiger charge is 2.14. The summed E-state index contributed by atoms with van der Waals surface area (Å²) in [4.78, 5) is 21.5. The number of nitrogens with zero attached hydrogens (tertiary/aromatic N) is 2. The number of pyridine rings is 1. The zero-order valence-corrected chi connectivity index (χ0v) is 17.9. The van der Waals surface area contributed by atoms with Crippen LogP contribution in [0.4, 0.5) is 5.13 Å². The van der Waals surface area contributed by atoms with E-state index in [9.17, 15) is 4.79 Å². The Bertz CT molecular complexity index is 1170. The van der Waals surface area contributed by atoms with E-state index in [0.717, 1.165) is 27.9 Å². The third-order valence-corrected chi connectivity index (χ3v) is 6.05. The monoisotopic (exact) mass is 431 g/mol. The molecule has 4 rings (SSSR count). The maximum atomic E-state index is 12.6. The number of aromatic nitrogens is 2. The van der Waals surface area contributed by atoms with Gasteiger partial charge in [-0.1, -0.05) is 42.5 Å². The van der Waals surface area contributed by atoms with Crippen molar-refractivity contribution >= 4 is 34.1 Å². The second kappa shape index (κ2) is 9.21. The molecule has 0 fully saturated rings. The van der Waals surface area contributed by atoms with Crippen LogP contribution >= 0.6 is 23.1 Å². The van der Waals surface area contributed by atoms with Crippen LogP contribution in [0.3, 0.4) is 0 Å². The van der Waals surface area contributed by atoms with Gasteiger partial charge in [0.1, 0.15) is 5.03 Å². The van der Waals surface area contributed by atoms with Crippen LogP contribution in [0.5, 0.6) is 0 Å². The van der Waals surface area contributed by atoms with Crippen molar-refractivity contribution in [3.8, 4) is 22.4 Å². The van der Waals surface area contributed by atoms with Gasteiger partial charge in [-0.25, -0.2) is 9.97 Å². The van der Waals surface area contributed by atoms with E-state index in [4.69, 9.17) is 5.73 Å². The molecule has 0 bridgehead atoms. The summed E-state index contributed by atoms with van der Waals surface area (Å²) in [7, 11) is 0. The van der Waals surface area contributed by atoms with E-state index >= 15 is 0 Å². The van der Waals surface area contributed by atoms with Crippen LogP contribution in [0.1, 0.15) is 15.9 Å². The minimum absolute atomic E-state index is 0.211. The van der Waals surface area contributed by atoms with Gasteiger partial charge in [0.2, 0.25) is 0 Å². The molecule has 2 N–H and O–H groups in total. The Morgan fingerprint density at radius 1 is 1.07 bits per heavy atom. The molecular formula is C23H19N4OS2. The molecule has 0 saturated carbocycles. The zero-order valence-electron chi connectivity index (χ0n) is 16.3. The lowest BCUT2D eigenvalue weighted by Gasteiger charge is -2.06. The van der Waals surface area contributed by atoms with E-state index in [1.54, 1.807) is 18.3 Å². The number of hydrogen-bond acceptors (Lipinski definition) is 5. The molecule has 2 aromatic carbocycles. The van der Waals surface area contributed by atoms with Crippen molar-refractivity contribution in [2.75, 3.05) is 11.6 Å². The summed E-state index contributed by atoms with van der Waals surface area (Å²) in [6.07, 6.45) is 3.58. The van der Waals surface area contributed by atoms with Gasteiger partial charge in [-0.15, -0.1) is 23.1 Å². The first-order chi connectivity index (χ1) is 14.7. The predicted molar refractivity (Wildman–Crippen MR) is 124 cm³/mol. The summed E-state index contributed by atoms with van der Waals surface area (Å²) in [6, 6.07) is 19.7. The van der Waals surface area contributed by atoms with Crippen molar-refractivity contribution in [3.63, 3.8) is 0 Å². The number of amides is 1. The Morgan fingerprint density at radius 2 is 1.87 bits per heavy atom. The highest BCUT2D eigenvalue weighted by atomic mass is 32.2. The minimum atomic E-state index is -0.211. The smallest absolute Gasteiger partial charge is 0.260 e. The maximum absolute atomic E-state index is 12.6. The van der Waals surface area contributed by atoms with E-state index in [-0.39, 0.29) is 12.5 Å². The lowest BCUT2D eigenvalue weighted by Crippen LogP contribution is -2.13. The fraction of sp³-hybridized carbons (Fsp3) is 0.0870. The fourth-order valence-electron chi connectivity index (χ4n) is 3.03. The third kappa shape index (κ3) is 4.43. The van der Waals surface area contributed by atoms with Gasteiger partial charge in [-0.2, -0.15) is 0 Å². The van der Waals surface area contributed by atoms with Crippen LogP contribution in [0, 0.1) is 0 Å². The Hall–Kier alpha value is -3.00.